The van der Waals surface area contributed by atoms with Gasteiger partial charge < -0.3 is 0 Å². The molecule has 3 atom stereocenters. The summed E-state index contributed by atoms with van der Waals surface area (Å²) in [5.74, 6) is 3.74. The highest BCUT2D eigenvalue weighted by molar-refractivity contribution is 5.10. The number of nitrogens with one attached hydrogen (secondary N) is 1. The van der Waals surface area contributed by atoms with E-state index in [0.29, 0.717) is 6.04 Å². The third kappa shape index (κ3) is 3.03. The van der Waals surface area contributed by atoms with Gasteiger partial charge in [-0.15, -0.1) is 6.42 Å². The SMILES string of the molecule is C#CC(C)(CC)NC1CCCC(C)C1. The molecule has 0 aromatic heterocycles. The van der Waals surface area contributed by atoms with Crippen molar-refractivity contribution in [1.82, 2.24) is 5.32 Å². The average molecular weight is 193 g/mol. The lowest BCUT2D eigenvalue weighted by molar-refractivity contribution is 0.259. The molecule has 1 aliphatic rings. The Balaban J connectivity index is 2.47. The van der Waals surface area contributed by atoms with Gasteiger partial charge >= 0.3 is 0 Å². The topological polar surface area (TPSA) is 12.0 Å². The molecule has 0 bridgehead atoms. The van der Waals surface area contributed by atoms with Gasteiger partial charge in [-0.3, -0.25) is 5.32 Å². The molecular formula is C13H23N. The largest absolute Gasteiger partial charge is 0.299 e. The third-order valence-electron chi connectivity index (χ3n) is 3.48. The van der Waals surface area contributed by atoms with Gasteiger partial charge in [-0.2, -0.15) is 0 Å². The number of hydrogen-bond acceptors (Lipinski definition) is 1. The molecule has 0 saturated heterocycles. The molecule has 1 aliphatic carbocycles. The highest BCUT2D eigenvalue weighted by Crippen LogP contribution is 2.25. The van der Waals surface area contributed by atoms with Gasteiger partial charge in [0.25, 0.3) is 0 Å². The van der Waals surface area contributed by atoms with Gasteiger partial charge in [0.15, 0.2) is 0 Å². The second kappa shape index (κ2) is 4.84. The van der Waals surface area contributed by atoms with Crippen molar-refractivity contribution in [3.63, 3.8) is 0 Å². The Bertz CT molecular complexity index is 216. The molecular weight excluding hydrogens is 170 g/mol. The molecule has 1 N–H and O–H groups in total. The second-order valence-electron chi connectivity index (χ2n) is 4.94. The van der Waals surface area contributed by atoms with Crippen molar-refractivity contribution in [2.75, 3.05) is 0 Å². The van der Waals surface area contributed by atoms with Crippen molar-refractivity contribution in [1.29, 1.82) is 0 Å². The van der Waals surface area contributed by atoms with E-state index in [1.54, 1.807) is 0 Å². The quantitative estimate of drug-likeness (QED) is 0.680. The summed E-state index contributed by atoms with van der Waals surface area (Å²) in [4.78, 5) is 0. The molecule has 0 aromatic carbocycles. The lowest BCUT2D eigenvalue weighted by atomic mass is 9.85. The first-order valence-corrected chi connectivity index (χ1v) is 5.85. The fourth-order valence-corrected chi connectivity index (χ4v) is 2.26. The molecule has 0 radical (unpaired) electrons. The highest BCUT2D eigenvalue weighted by atomic mass is 15.0. The van der Waals surface area contributed by atoms with Gasteiger partial charge in [0.05, 0.1) is 5.54 Å². The summed E-state index contributed by atoms with van der Waals surface area (Å²) in [5.41, 5.74) is -0.0955. The van der Waals surface area contributed by atoms with E-state index < -0.39 is 0 Å². The first-order valence-electron chi connectivity index (χ1n) is 5.85. The third-order valence-corrected chi connectivity index (χ3v) is 3.48. The molecule has 14 heavy (non-hydrogen) atoms. The van der Waals surface area contributed by atoms with E-state index in [1.807, 2.05) is 0 Å². The normalized spacial score (nSPS) is 31.9. The minimum absolute atomic E-state index is 0.0955. The van der Waals surface area contributed by atoms with E-state index in [1.165, 1.54) is 25.7 Å². The first-order chi connectivity index (χ1) is 6.59. The molecule has 0 spiro atoms. The molecule has 80 valence electrons. The molecule has 3 unspecified atom stereocenters. The average Bonchev–Trinajstić information content (AvgIpc) is 2.18. The molecule has 1 fully saturated rings. The zero-order valence-electron chi connectivity index (χ0n) is 9.77. The van der Waals surface area contributed by atoms with Crippen LogP contribution in [0.25, 0.3) is 0 Å². The predicted molar refractivity (Wildman–Crippen MR) is 62.1 cm³/mol. The Hall–Kier alpha value is -0.480. The molecule has 1 rings (SSSR count). The van der Waals surface area contributed by atoms with Gasteiger partial charge in [0.1, 0.15) is 0 Å². The maximum Gasteiger partial charge on any atom is 0.0769 e. The van der Waals surface area contributed by atoms with Gasteiger partial charge in [-0.25, -0.2) is 0 Å². The smallest absolute Gasteiger partial charge is 0.0769 e. The van der Waals surface area contributed by atoms with Crippen LogP contribution in [0.4, 0.5) is 0 Å². The Morgan fingerprint density at radius 2 is 2.21 bits per heavy atom. The molecule has 0 heterocycles. The number of terminal acetylenes is 1. The summed E-state index contributed by atoms with van der Waals surface area (Å²) >= 11 is 0. The lowest BCUT2D eigenvalue weighted by Gasteiger charge is -2.34. The van der Waals surface area contributed by atoms with Gasteiger partial charge in [0, 0.05) is 6.04 Å². The number of hydrogen-bond donors (Lipinski definition) is 1. The maximum absolute atomic E-state index is 5.56. The summed E-state index contributed by atoms with van der Waals surface area (Å²) in [7, 11) is 0. The second-order valence-corrected chi connectivity index (χ2v) is 4.94. The summed E-state index contributed by atoms with van der Waals surface area (Å²) < 4.78 is 0. The van der Waals surface area contributed by atoms with Crippen LogP contribution >= 0.6 is 0 Å². The number of rotatable bonds is 3. The van der Waals surface area contributed by atoms with Crippen molar-refractivity contribution >= 4 is 0 Å². The molecule has 1 nitrogen and oxygen atoms in total. The van der Waals surface area contributed by atoms with Crippen molar-refractivity contribution in [2.45, 2.75) is 64.5 Å². The van der Waals surface area contributed by atoms with Crippen molar-refractivity contribution in [2.24, 2.45) is 5.92 Å². The standard InChI is InChI=1S/C13H23N/c1-5-13(4,6-2)14-12-9-7-8-11(3)10-12/h1,11-12,14H,6-10H2,2-4H3. The van der Waals surface area contributed by atoms with Gasteiger partial charge in [-0.05, 0) is 32.1 Å². The van der Waals surface area contributed by atoms with Crippen LogP contribution in [-0.2, 0) is 0 Å². The van der Waals surface area contributed by atoms with Crippen LogP contribution in [0.5, 0.6) is 0 Å². The van der Waals surface area contributed by atoms with Gasteiger partial charge in [0.2, 0.25) is 0 Å². The van der Waals surface area contributed by atoms with E-state index in [4.69, 9.17) is 6.42 Å². The maximum atomic E-state index is 5.56. The fourth-order valence-electron chi connectivity index (χ4n) is 2.26. The van der Waals surface area contributed by atoms with Crippen molar-refractivity contribution in [3.8, 4) is 12.3 Å². The van der Waals surface area contributed by atoms with E-state index in [2.05, 4.69) is 32.0 Å². The van der Waals surface area contributed by atoms with Crippen LogP contribution in [0.2, 0.25) is 0 Å². The van der Waals surface area contributed by atoms with E-state index in [-0.39, 0.29) is 5.54 Å². The highest BCUT2D eigenvalue weighted by Gasteiger charge is 2.26. The Kier molecular flexibility index (Phi) is 4.01. The minimum atomic E-state index is -0.0955. The van der Waals surface area contributed by atoms with Crippen LogP contribution in [0.3, 0.4) is 0 Å². The molecule has 0 aromatic rings. The van der Waals surface area contributed by atoms with E-state index in [0.717, 1.165) is 12.3 Å². The zero-order chi connectivity index (χ0) is 10.6. The summed E-state index contributed by atoms with van der Waals surface area (Å²) in [6.07, 6.45) is 11.9. The predicted octanol–water partition coefficient (Wildman–Crippen LogP) is 2.96. The minimum Gasteiger partial charge on any atom is -0.299 e. The van der Waals surface area contributed by atoms with Crippen LogP contribution in [0, 0.1) is 18.3 Å². The van der Waals surface area contributed by atoms with E-state index in [9.17, 15) is 0 Å². The fraction of sp³-hybridized carbons (Fsp3) is 0.846. The summed E-state index contributed by atoms with van der Waals surface area (Å²) in [6, 6.07) is 0.639. The molecule has 0 amide bonds. The Morgan fingerprint density at radius 1 is 1.50 bits per heavy atom. The monoisotopic (exact) mass is 193 g/mol. The van der Waals surface area contributed by atoms with Crippen LogP contribution in [-0.4, -0.2) is 11.6 Å². The Morgan fingerprint density at radius 3 is 2.71 bits per heavy atom. The molecule has 1 saturated carbocycles. The van der Waals surface area contributed by atoms with Crippen LogP contribution in [0.1, 0.15) is 52.9 Å². The Labute approximate surface area is 88.7 Å². The van der Waals surface area contributed by atoms with E-state index >= 15 is 0 Å². The van der Waals surface area contributed by atoms with Crippen LogP contribution in [0.15, 0.2) is 0 Å². The van der Waals surface area contributed by atoms with Crippen molar-refractivity contribution in [3.05, 3.63) is 0 Å². The summed E-state index contributed by atoms with van der Waals surface area (Å²) in [6.45, 7) is 6.62. The van der Waals surface area contributed by atoms with Crippen LogP contribution < -0.4 is 5.32 Å². The molecule has 1 heteroatoms. The van der Waals surface area contributed by atoms with Crippen molar-refractivity contribution < 1.29 is 0 Å². The first kappa shape index (κ1) is 11.6. The van der Waals surface area contributed by atoms with Gasteiger partial charge in [-0.1, -0.05) is 32.6 Å². The molecule has 0 aliphatic heterocycles. The lowest BCUT2D eigenvalue weighted by Crippen LogP contribution is -2.48. The summed E-state index contributed by atoms with van der Waals surface area (Å²) in [5, 5.41) is 3.63. The zero-order valence-corrected chi connectivity index (χ0v) is 9.77.